The van der Waals surface area contributed by atoms with Crippen molar-refractivity contribution < 1.29 is 9.53 Å². The number of esters is 1. The van der Waals surface area contributed by atoms with Crippen LogP contribution >= 0.6 is 11.8 Å². The Morgan fingerprint density at radius 1 is 1.55 bits per heavy atom. The number of aromatic amines is 1. The van der Waals surface area contributed by atoms with Crippen LogP contribution in [0.2, 0.25) is 0 Å². The number of methoxy groups -OCH3 is 1. The van der Waals surface area contributed by atoms with E-state index in [4.69, 9.17) is 10.5 Å². The number of carbonyl (C=O) groups is 1. The van der Waals surface area contributed by atoms with Crippen LogP contribution in [-0.4, -0.2) is 38.8 Å². The Balaban J connectivity index is 1.74. The Kier molecular flexibility index (Phi) is 3.25. The van der Waals surface area contributed by atoms with E-state index in [2.05, 4.69) is 19.9 Å². The third kappa shape index (κ3) is 2.55. The van der Waals surface area contributed by atoms with Crippen LogP contribution in [-0.2, 0) is 9.53 Å². The molecule has 0 radical (unpaired) electrons. The fourth-order valence-corrected chi connectivity index (χ4v) is 3.36. The number of fused-ring (bicyclic) bond motifs is 1. The summed E-state index contributed by atoms with van der Waals surface area (Å²) in [5.41, 5.74) is 7.08. The molecule has 0 saturated heterocycles. The van der Waals surface area contributed by atoms with Crippen molar-refractivity contribution in [3.63, 3.8) is 0 Å². The second-order valence-corrected chi connectivity index (χ2v) is 5.99. The lowest BCUT2D eigenvalue weighted by Gasteiger charge is -2.12. The number of aromatic nitrogens is 4. The molecule has 1 fully saturated rings. The molecule has 2 aromatic heterocycles. The minimum atomic E-state index is -0.156. The van der Waals surface area contributed by atoms with Gasteiger partial charge in [0, 0.05) is 5.75 Å². The van der Waals surface area contributed by atoms with Crippen molar-refractivity contribution in [3.8, 4) is 0 Å². The monoisotopic (exact) mass is 293 g/mol. The van der Waals surface area contributed by atoms with E-state index in [1.807, 2.05) is 0 Å². The molecule has 0 aromatic carbocycles. The number of nitrogens with two attached hydrogens (primary N) is 1. The summed E-state index contributed by atoms with van der Waals surface area (Å²) in [5.74, 6) is 0.869. The maximum atomic E-state index is 11.4. The smallest absolute Gasteiger partial charge is 0.306 e. The topological polar surface area (TPSA) is 107 Å². The zero-order valence-electron chi connectivity index (χ0n) is 11.0. The fraction of sp³-hybridized carbons (Fsp3) is 0.500. The first-order valence-electron chi connectivity index (χ1n) is 6.28. The molecule has 1 aliphatic carbocycles. The number of hydrogen-bond acceptors (Lipinski definition) is 7. The van der Waals surface area contributed by atoms with Gasteiger partial charge in [0.25, 0.3) is 0 Å². The van der Waals surface area contributed by atoms with Gasteiger partial charge in [-0.25, -0.2) is 9.97 Å². The van der Waals surface area contributed by atoms with Gasteiger partial charge in [0.1, 0.15) is 10.5 Å². The second-order valence-electron chi connectivity index (χ2n) is 5.03. The zero-order chi connectivity index (χ0) is 14.2. The fourth-order valence-electron chi connectivity index (χ4n) is 2.08. The van der Waals surface area contributed by atoms with E-state index in [1.54, 1.807) is 18.1 Å². The van der Waals surface area contributed by atoms with Gasteiger partial charge in [-0.15, -0.1) is 11.8 Å². The summed E-state index contributed by atoms with van der Waals surface area (Å²) in [6.07, 6.45) is 4.12. The predicted molar refractivity (Wildman–Crippen MR) is 75.1 cm³/mol. The highest BCUT2D eigenvalue weighted by Crippen LogP contribution is 2.52. The third-order valence-electron chi connectivity index (χ3n) is 3.49. The van der Waals surface area contributed by atoms with Gasteiger partial charge in [-0.3, -0.25) is 4.79 Å². The average Bonchev–Trinajstić information content (AvgIpc) is 3.02. The Labute approximate surface area is 119 Å². The van der Waals surface area contributed by atoms with Gasteiger partial charge in [-0.1, -0.05) is 0 Å². The summed E-state index contributed by atoms with van der Waals surface area (Å²) in [4.78, 5) is 26.8. The number of H-pyrrole nitrogens is 1. The molecular formula is C12H15N5O2S. The molecule has 0 bridgehead atoms. The maximum absolute atomic E-state index is 11.4. The average molecular weight is 293 g/mol. The number of nitrogens with one attached hydrogen (secondary N) is 1. The molecule has 0 aliphatic heterocycles. The van der Waals surface area contributed by atoms with Crippen LogP contribution in [0, 0.1) is 5.41 Å². The molecule has 2 aromatic rings. The first kappa shape index (κ1) is 13.2. The van der Waals surface area contributed by atoms with Crippen LogP contribution in [0.15, 0.2) is 11.4 Å². The molecule has 0 spiro atoms. The zero-order valence-corrected chi connectivity index (χ0v) is 11.9. The highest BCUT2D eigenvalue weighted by molar-refractivity contribution is 7.99. The maximum Gasteiger partial charge on any atom is 0.306 e. The van der Waals surface area contributed by atoms with E-state index < -0.39 is 0 Å². The van der Waals surface area contributed by atoms with Gasteiger partial charge >= 0.3 is 5.97 Å². The number of carbonyl (C=O) groups excluding carboxylic acids is 1. The van der Waals surface area contributed by atoms with E-state index in [0.717, 1.165) is 29.1 Å². The molecule has 0 amide bonds. The summed E-state index contributed by atoms with van der Waals surface area (Å²) in [7, 11) is 1.42. The van der Waals surface area contributed by atoms with E-state index in [9.17, 15) is 4.79 Å². The standard InChI is InChI=1S/C12H15N5O2S/c1-19-7(18)4-12(2-3-12)5-20-10-8-9(15-6-14-8)16-11(13)17-10/h6H,2-5H2,1H3,(H3,13,14,15,16,17). The number of ether oxygens (including phenoxy) is 1. The Hall–Kier alpha value is -1.83. The first-order valence-corrected chi connectivity index (χ1v) is 7.27. The van der Waals surface area contributed by atoms with Crippen molar-refractivity contribution in [2.45, 2.75) is 24.3 Å². The van der Waals surface area contributed by atoms with Crippen molar-refractivity contribution in [2.24, 2.45) is 5.41 Å². The van der Waals surface area contributed by atoms with Gasteiger partial charge in [0.05, 0.1) is 19.9 Å². The van der Waals surface area contributed by atoms with Crippen molar-refractivity contribution in [1.82, 2.24) is 19.9 Å². The van der Waals surface area contributed by atoms with E-state index in [0.29, 0.717) is 12.1 Å². The van der Waals surface area contributed by atoms with E-state index in [1.165, 1.54) is 7.11 Å². The minimum absolute atomic E-state index is 0.0455. The highest BCUT2D eigenvalue weighted by Gasteiger charge is 2.44. The van der Waals surface area contributed by atoms with Gasteiger partial charge in [0.15, 0.2) is 5.65 Å². The first-order chi connectivity index (χ1) is 9.62. The molecule has 8 heteroatoms. The van der Waals surface area contributed by atoms with Crippen molar-refractivity contribution in [3.05, 3.63) is 6.33 Å². The molecule has 2 heterocycles. The molecule has 7 nitrogen and oxygen atoms in total. The highest BCUT2D eigenvalue weighted by atomic mass is 32.2. The lowest BCUT2D eigenvalue weighted by atomic mass is 10.1. The van der Waals surface area contributed by atoms with Gasteiger partial charge in [-0.2, -0.15) is 4.98 Å². The number of nitrogen functional groups attached to an aromatic ring is 1. The number of anilines is 1. The number of hydrogen-bond donors (Lipinski definition) is 2. The van der Waals surface area contributed by atoms with Gasteiger partial charge in [-0.05, 0) is 18.3 Å². The Morgan fingerprint density at radius 3 is 3.05 bits per heavy atom. The summed E-state index contributed by atoms with van der Waals surface area (Å²) in [6, 6.07) is 0. The predicted octanol–water partition coefficient (Wildman–Crippen LogP) is 1.37. The molecule has 106 valence electrons. The molecule has 3 N–H and O–H groups in total. The molecule has 20 heavy (non-hydrogen) atoms. The van der Waals surface area contributed by atoms with Crippen LogP contribution in [0.4, 0.5) is 5.95 Å². The Morgan fingerprint density at radius 2 is 2.35 bits per heavy atom. The number of imidazole rings is 1. The molecule has 1 aliphatic rings. The van der Waals surface area contributed by atoms with Crippen LogP contribution in [0.1, 0.15) is 19.3 Å². The summed E-state index contributed by atoms with van der Waals surface area (Å²) in [5, 5.41) is 0.779. The van der Waals surface area contributed by atoms with Crippen LogP contribution < -0.4 is 5.73 Å². The number of rotatable bonds is 5. The lowest BCUT2D eigenvalue weighted by Crippen LogP contribution is -2.13. The summed E-state index contributed by atoms with van der Waals surface area (Å²) >= 11 is 1.58. The number of thioether (sulfide) groups is 1. The molecule has 0 atom stereocenters. The van der Waals surface area contributed by atoms with Crippen molar-refractivity contribution >= 4 is 34.8 Å². The molecule has 3 rings (SSSR count). The lowest BCUT2D eigenvalue weighted by molar-refractivity contribution is -0.141. The summed E-state index contributed by atoms with van der Waals surface area (Å²) in [6.45, 7) is 0. The van der Waals surface area contributed by atoms with Crippen LogP contribution in [0.3, 0.4) is 0 Å². The van der Waals surface area contributed by atoms with Crippen molar-refractivity contribution in [2.75, 3.05) is 18.6 Å². The molecule has 1 saturated carbocycles. The quantitative estimate of drug-likeness (QED) is 0.487. The van der Waals surface area contributed by atoms with Gasteiger partial charge < -0.3 is 15.5 Å². The summed E-state index contributed by atoms with van der Waals surface area (Å²) < 4.78 is 4.75. The second kappa shape index (κ2) is 4.93. The van der Waals surface area contributed by atoms with Crippen LogP contribution in [0.5, 0.6) is 0 Å². The molecular weight excluding hydrogens is 278 g/mol. The normalized spacial score (nSPS) is 16.2. The van der Waals surface area contributed by atoms with E-state index in [-0.39, 0.29) is 17.3 Å². The minimum Gasteiger partial charge on any atom is -0.469 e. The molecule has 0 unspecified atom stereocenters. The largest absolute Gasteiger partial charge is 0.469 e. The van der Waals surface area contributed by atoms with Crippen molar-refractivity contribution in [1.29, 1.82) is 0 Å². The third-order valence-corrected chi connectivity index (χ3v) is 4.81. The van der Waals surface area contributed by atoms with E-state index >= 15 is 0 Å². The Bertz CT molecular complexity index is 652. The SMILES string of the molecule is COC(=O)CC1(CSc2nc(N)nc3nc[nH]c23)CC1. The number of nitrogens with zero attached hydrogens (tertiary/aromatic N) is 3. The van der Waals surface area contributed by atoms with Crippen LogP contribution in [0.25, 0.3) is 11.2 Å². The van der Waals surface area contributed by atoms with Gasteiger partial charge in [0.2, 0.25) is 5.95 Å².